The summed E-state index contributed by atoms with van der Waals surface area (Å²) in [5.41, 5.74) is 19.1. The molecule has 0 radical (unpaired) electrons. The van der Waals surface area contributed by atoms with E-state index in [0.717, 1.165) is 55.3 Å². The number of nitrogens with zero attached hydrogens (tertiary/aromatic N) is 3. The van der Waals surface area contributed by atoms with Crippen LogP contribution in [0.3, 0.4) is 0 Å². The fourth-order valence-corrected chi connectivity index (χ4v) is 10.3. The Morgan fingerprint density at radius 1 is 0.290 bits per heavy atom. The van der Waals surface area contributed by atoms with Crippen LogP contribution in [0.2, 0.25) is 0 Å². The van der Waals surface area contributed by atoms with Gasteiger partial charge < -0.3 is 4.42 Å². The molecule has 2 aliphatic carbocycles. The minimum absolute atomic E-state index is 0.390. The van der Waals surface area contributed by atoms with Crippen molar-refractivity contribution in [2.24, 2.45) is 0 Å². The molecule has 9 aromatic carbocycles. The van der Waals surface area contributed by atoms with E-state index in [1.807, 2.05) is 30.3 Å². The van der Waals surface area contributed by atoms with E-state index >= 15 is 0 Å². The number of aromatic nitrogens is 3. The van der Waals surface area contributed by atoms with Crippen LogP contribution in [0.4, 0.5) is 0 Å². The Balaban J connectivity index is 0.945. The van der Waals surface area contributed by atoms with Crippen LogP contribution in [0, 0.1) is 0 Å². The third-order valence-electron chi connectivity index (χ3n) is 13.0. The molecule has 0 fully saturated rings. The molecule has 1 spiro atoms. The molecular weight excluding hydrogens is 755 g/mol. The van der Waals surface area contributed by atoms with E-state index in [4.69, 9.17) is 19.4 Å². The van der Waals surface area contributed by atoms with E-state index in [-0.39, 0.29) is 0 Å². The van der Waals surface area contributed by atoms with E-state index in [0.29, 0.717) is 17.5 Å². The molecule has 0 saturated heterocycles. The zero-order chi connectivity index (χ0) is 40.8. The Kier molecular flexibility index (Phi) is 7.49. The van der Waals surface area contributed by atoms with Crippen molar-refractivity contribution in [1.82, 2.24) is 15.0 Å². The number of hydrogen-bond donors (Lipinski definition) is 0. The van der Waals surface area contributed by atoms with Gasteiger partial charge in [-0.15, -0.1) is 0 Å². The molecule has 2 aromatic heterocycles. The number of hydrogen-bond acceptors (Lipinski definition) is 4. The highest BCUT2D eigenvalue weighted by atomic mass is 16.3. The molecule has 11 aromatic rings. The second kappa shape index (κ2) is 13.4. The van der Waals surface area contributed by atoms with Crippen molar-refractivity contribution in [3.63, 3.8) is 0 Å². The largest absolute Gasteiger partial charge is 0.456 e. The third kappa shape index (κ3) is 4.98. The molecular formula is C58H35N3O. The molecule has 0 atom stereocenters. The van der Waals surface area contributed by atoms with Crippen molar-refractivity contribution in [3.05, 3.63) is 235 Å². The monoisotopic (exact) mass is 789 g/mol. The zero-order valence-electron chi connectivity index (χ0n) is 33.5. The highest BCUT2D eigenvalue weighted by Gasteiger charge is 2.51. The van der Waals surface area contributed by atoms with Gasteiger partial charge in [-0.3, -0.25) is 0 Å². The SMILES string of the molecule is c1ccc(-c2nc(-c3ccc(-c4cccc5c4-c4ccccc4C54c5ccccc5-c5ccccc54)cc3)nc(-c3ccccc3-c3ccc4oc5ccccc5c4c3)n2)cc1. The highest BCUT2D eigenvalue weighted by molar-refractivity contribution is 6.07. The quantitative estimate of drug-likeness (QED) is 0.174. The van der Waals surface area contributed by atoms with Crippen molar-refractivity contribution in [2.75, 3.05) is 0 Å². The van der Waals surface area contributed by atoms with Gasteiger partial charge in [0.2, 0.25) is 0 Å². The molecule has 4 nitrogen and oxygen atoms in total. The summed E-state index contributed by atoms with van der Waals surface area (Å²) in [5, 5.41) is 2.17. The molecule has 0 N–H and O–H groups in total. The van der Waals surface area contributed by atoms with E-state index in [9.17, 15) is 0 Å². The summed E-state index contributed by atoms with van der Waals surface area (Å²) in [7, 11) is 0. The number of rotatable bonds is 5. The van der Waals surface area contributed by atoms with E-state index in [1.54, 1.807) is 0 Å². The molecule has 0 bridgehead atoms. The first-order chi connectivity index (χ1) is 30.7. The normalized spacial score (nSPS) is 13.0. The van der Waals surface area contributed by atoms with Gasteiger partial charge >= 0.3 is 0 Å². The van der Waals surface area contributed by atoms with Crippen LogP contribution in [0.25, 0.3) is 101 Å². The molecule has 62 heavy (non-hydrogen) atoms. The van der Waals surface area contributed by atoms with Gasteiger partial charge in [-0.2, -0.15) is 0 Å². The smallest absolute Gasteiger partial charge is 0.164 e. The van der Waals surface area contributed by atoms with Gasteiger partial charge in [0.1, 0.15) is 11.2 Å². The highest BCUT2D eigenvalue weighted by Crippen LogP contribution is 2.63. The number of fused-ring (bicyclic) bond motifs is 13. The van der Waals surface area contributed by atoms with Gasteiger partial charge in [0.05, 0.1) is 5.41 Å². The minimum atomic E-state index is -0.390. The Morgan fingerprint density at radius 3 is 1.50 bits per heavy atom. The standard InChI is InChI=1S/C58H35N3O/c1-2-15-37(16-3-1)55-59-56(61-57(60-55)45-21-5-4-17-40(45)39-33-34-53-47(35-39)44-20-9-13-28-52(44)62-53)38-31-29-36(30-32-38)41-23-14-27-51-54(41)46-22-8-12-26-50(46)58(51)48-24-10-6-18-42(48)43-19-7-11-25-49(43)58/h1-35H. The van der Waals surface area contributed by atoms with Gasteiger partial charge in [-0.05, 0) is 85.0 Å². The van der Waals surface area contributed by atoms with Gasteiger partial charge in [-0.25, -0.2) is 15.0 Å². The fraction of sp³-hybridized carbons (Fsp3) is 0.0172. The lowest BCUT2D eigenvalue weighted by molar-refractivity contribution is 0.669. The summed E-state index contributed by atoms with van der Waals surface area (Å²) >= 11 is 0. The summed E-state index contributed by atoms with van der Waals surface area (Å²) in [5.74, 6) is 1.86. The predicted octanol–water partition coefficient (Wildman–Crippen LogP) is 14.4. The molecule has 0 aliphatic heterocycles. The van der Waals surface area contributed by atoms with Crippen LogP contribution in [0.15, 0.2) is 217 Å². The first-order valence-corrected chi connectivity index (χ1v) is 21.1. The summed E-state index contributed by atoms with van der Waals surface area (Å²) in [6.45, 7) is 0. The molecule has 0 amide bonds. The van der Waals surface area contributed by atoms with Gasteiger partial charge in [0.25, 0.3) is 0 Å². The van der Waals surface area contributed by atoms with Crippen LogP contribution in [-0.2, 0) is 5.41 Å². The van der Waals surface area contributed by atoms with Crippen LogP contribution in [0.1, 0.15) is 22.3 Å². The molecule has 0 unspecified atom stereocenters. The van der Waals surface area contributed by atoms with Crippen LogP contribution < -0.4 is 0 Å². The summed E-state index contributed by atoms with van der Waals surface area (Å²) < 4.78 is 6.18. The Bertz CT molecular complexity index is 3540. The maximum absolute atomic E-state index is 6.18. The summed E-state index contributed by atoms with van der Waals surface area (Å²) in [6, 6.07) is 75.6. The maximum atomic E-state index is 6.18. The maximum Gasteiger partial charge on any atom is 0.164 e. The van der Waals surface area contributed by atoms with E-state index in [2.05, 4.69) is 182 Å². The Hall–Kier alpha value is -8.21. The Labute approximate surface area is 358 Å². The molecule has 2 heterocycles. The lowest BCUT2D eigenvalue weighted by atomic mass is 9.70. The zero-order valence-corrected chi connectivity index (χ0v) is 33.5. The fourth-order valence-electron chi connectivity index (χ4n) is 10.3. The van der Waals surface area contributed by atoms with E-state index in [1.165, 1.54) is 50.1 Å². The average molecular weight is 790 g/mol. The third-order valence-corrected chi connectivity index (χ3v) is 13.0. The van der Waals surface area contributed by atoms with E-state index < -0.39 is 5.41 Å². The number of benzene rings is 9. The van der Waals surface area contributed by atoms with Crippen molar-refractivity contribution in [1.29, 1.82) is 0 Å². The molecule has 13 rings (SSSR count). The Morgan fingerprint density at radius 2 is 0.774 bits per heavy atom. The van der Waals surface area contributed by atoms with Crippen LogP contribution in [-0.4, -0.2) is 15.0 Å². The van der Waals surface area contributed by atoms with Crippen LogP contribution in [0.5, 0.6) is 0 Å². The number of para-hydroxylation sites is 1. The molecule has 2 aliphatic rings. The molecule has 4 heteroatoms. The van der Waals surface area contributed by atoms with Crippen molar-refractivity contribution in [2.45, 2.75) is 5.41 Å². The first-order valence-electron chi connectivity index (χ1n) is 21.1. The number of furan rings is 1. The summed E-state index contributed by atoms with van der Waals surface area (Å²) in [6.07, 6.45) is 0. The second-order valence-electron chi connectivity index (χ2n) is 16.2. The average Bonchev–Trinajstić information content (AvgIpc) is 3.98. The lowest BCUT2D eigenvalue weighted by Crippen LogP contribution is -2.25. The first kappa shape index (κ1) is 34.6. The van der Waals surface area contributed by atoms with Crippen molar-refractivity contribution in [3.8, 4) is 78.7 Å². The topological polar surface area (TPSA) is 51.8 Å². The molecule has 0 saturated carbocycles. The predicted molar refractivity (Wildman–Crippen MR) is 251 cm³/mol. The second-order valence-corrected chi connectivity index (χ2v) is 16.2. The summed E-state index contributed by atoms with van der Waals surface area (Å²) in [4.78, 5) is 15.5. The van der Waals surface area contributed by atoms with Crippen molar-refractivity contribution < 1.29 is 4.42 Å². The van der Waals surface area contributed by atoms with Crippen molar-refractivity contribution >= 4 is 21.9 Å². The lowest BCUT2D eigenvalue weighted by Gasteiger charge is -2.30. The van der Waals surface area contributed by atoms with Gasteiger partial charge in [-0.1, -0.05) is 194 Å². The van der Waals surface area contributed by atoms with Gasteiger partial charge in [0, 0.05) is 27.5 Å². The minimum Gasteiger partial charge on any atom is -0.456 e. The molecule has 288 valence electrons. The van der Waals surface area contributed by atoms with Crippen LogP contribution >= 0.6 is 0 Å². The van der Waals surface area contributed by atoms with Gasteiger partial charge in [0.15, 0.2) is 17.5 Å².